The first kappa shape index (κ1) is 16.8. The molecular weight excluding hydrogens is 256 g/mol. The van der Waals surface area contributed by atoms with Crippen molar-refractivity contribution < 1.29 is 14.2 Å². The van der Waals surface area contributed by atoms with Crippen LogP contribution in [0, 0.1) is 0 Å². The quantitative estimate of drug-likeness (QED) is 0.566. The molecule has 0 spiro atoms. The van der Waals surface area contributed by atoms with Gasteiger partial charge in [-0.25, -0.2) is 0 Å². The minimum absolute atomic E-state index is 0.132. The highest BCUT2D eigenvalue weighted by Crippen LogP contribution is 2.36. The zero-order chi connectivity index (χ0) is 15.2. The Kier molecular flexibility index (Phi) is 6.26. The van der Waals surface area contributed by atoms with Gasteiger partial charge in [-0.1, -0.05) is 13.0 Å². The molecule has 1 aromatic carbocycles. The van der Waals surface area contributed by atoms with Crippen LogP contribution in [0.4, 0.5) is 0 Å². The third-order valence-electron chi connectivity index (χ3n) is 3.69. The molecule has 0 aliphatic heterocycles. The molecule has 0 aromatic heterocycles. The van der Waals surface area contributed by atoms with Crippen molar-refractivity contribution >= 4 is 0 Å². The maximum Gasteiger partial charge on any atom is 0.161 e. The smallest absolute Gasteiger partial charge is 0.161 e. The first-order valence-electron chi connectivity index (χ1n) is 6.88. The number of hydrogen-bond donors (Lipinski definition) is 2. The van der Waals surface area contributed by atoms with E-state index in [-0.39, 0.29) is 11.6 Å². The largest absolute Gasteiger partial charge is 0.493 e. The summed E-state index contributed by atoms with van der Waals surface area (Å²) < 4.78 is 16.5. The molecule has 0 saturated heterocycles. The van der Waals surface area contributed by atoms with E-state index in [0.29, 0.717) is 18.1 Å². The number of ether oxygens (including phenoxy) is 3. The number of nitrogens with two attached hydrogens (primary N) is 1. The van der Waals surface area contributed by atoms with E-state index in [9.17, 15) is 0 Å². The fourth-order valence-electron chi connectivity index (χ4n) is 2.38. The molecule has 1 rings (SSSR count). The summed E-state index contributed by atoms with van der Waals surface area (Å²) in [5, 5.41) is 0. The van der Waals surface area contributed by atoms with Crippen molar-refractivity contribution in [2.75, 3.05) is 20.8 Å². The molecular formula is C15H26N2O3. The lowest BCUT2D eigenvalue weighted by atomic mass is 9.88. The summed E-state index contributed by atoms with van der Waals surface area (Å²) in [7, 11) is 3.24. The van der Waals surface area contributed by atoms with Crippen molar-refractivity contribution in [1.82, 2.24) is 5.43 Å². The van der Waals surface area contributed by atoms with Crippen molar-refractivity contribution in [3.63, 3.8) is 0 Å². The van der Waals surface area contributed by atoms with Crippen LogP contribution < -0.4 is 20.7 Å². The van der Waals surface area contributed by atoms with Crippen LogP contribution in [0.25, 0.3) is 0 Å². The minimum Gasteiger partial charge on any atom is -0.493 e. The Morgan fingerprint density at radius 3 is 2.30 bits per heavy atom. The normalized spacial score (nSPS) is 15.5. The summed E-state index contributed by atoms with van der Waals surface area (Å²) in [4.78, 5) is 0. The fourth-order valence-corrected chi connectivity index (χ4v) is 2.38. The van der Waals surface area contributed by atoms with Crippen molar-refractivity contribution in [3.05, 3.63) is 23.8 Å². The Labute approximate surface area is 121 Å². The lowest BCUT2D eigenvalue weighted by Gasteiger charge is -2.36. The van der Waals surface area contributed by atoms with E-state index in [1.54, 1.807) is 14.2 Å². The van der Waals surface area contributed by atoms with Crippen LogP contribution in [0.15, 0.2) is 18.2 Å². The molecule has 2 atom stereocenters. The van der Waals surface area contributed by atoms with Gasteiger partial charge in [-0.2, -0.15) is 0 Å². The number of rotatable bonds is 8. The maximum absolute atomic E-state index is 5.90. The molecule has 0 heterocycles. The Hall–Kier alpha value is -1.30. The van der Waals surface area contributed by atoms with E-state index in [2.05, 4.69) is 19.3 Å². The standard InChI is InChI=1S/C15H26N2O3/c1-6-15(3,20-7-2)14(17-16)11-8-9-12(18-4)13(10-11)19-5/h8-10,14,17H,6-7,16H2,1-5H3. The molecule has 20 heavy (non-hydrogen) atoms. The topological polar surface area (TPSA) is 65.7 Å². The lowest BCUT2D eigenvalue weighted by molar-refractivity contribution is -0.0564. The number of hydrogen-bond acceptors (Lipinski definition) is 5. The van der Waals surface area contributed by atoms with E-state index in [1.165, 1.54) is 0 Å². The van der Waals surface area contributed by atoms with Crippen LogP contribution in [0.3, 0.4) is 0 Å². The van der Waals surface area contributed by atoms with Crippen molar-refractivity contribution in [2.24, 2.45) is 5.84 Å². The van der Waals surface area contributed by atoms with Gasteiger partial charge in [-0.3, -0.25) is 11.3 Å². The SMILES string of the molecule is CCOC(C)(CC)C(NN)c1ccc(OC)c(OC)c1. The molecule has 5 heteroatoms. The van der Waals surface area contributed by atoms with E-state index in [4.69, 9.17) is 20.1 Å². The molecule has 0 amide bonds. The van der Waals surface area contributed by atoms with Gasteiger partial charge in [-0.05, 0) is 38.0 Å². The summed E-state index contributed by atoms with van der Waals surface area (Å²) >= 11 is 0. The summed E-state index contributed by atoms with van der Waals surface area (Å²) in [6, 6.07) is 5.64. The predicted molar refractivity (Wildman–Crippen MR) is 79.9 cm³/mol. The van der Waals surface area contributed by atoms with E-state index in [1.807, 2.05) is 25.1 Å². The molecule has 1 aromatic rings. The lowest BCUT2D eigenvalue weighted by Crippen LogP contribution is -2.46. The molecule has 3 N–H and O–H groups in total. The fraction of sp³-hybridized carbons (Fsp3) is 0.600. The second-order valence-electron chi connectivity index (χ2n) is 4.81. The molecule has 0 saturated carbocycles. The van der Waals surface area contributed by atoms with Gasteiger partial charge in [0, 0.05) is 6.61 Å². The summed E-state index contributed by atoms with van der Waals surface area (Å²) in [6.45, 7) is 6.75. The van der Waals surface area contributed by atoms with Crippen LogP contribution in [-0.4, -0.2) is 26.4 Å². The van der Waals surface area contributed by atoms with Crippen LogP contribution in [0.5, 0.6) is 11.5 Å². The highest BCUT2D eigenvalue weighted by molar-refractivity contribution is 5.44. The Morgan fingerprint density at radius 2 is 1.85 bits per heavy atom. The third kappa shape index (κ3) is 3.42. The Bertz CT molecular complexity index is 426. The summed E-state index contributed by atoms with van der Waals surface area (Å²) in [6.07, 6.45) is 0.837. The number of methoxy groups -OCH3 is 2. The predicted octanol–water partition coefficient (Wildman–Crippen LogP) is 2.41. The van der Waals surface area contributed by atoms with Gasteiger partial charge in [0.2, 0.25) is 0 Å². The minimum atomic E-state index is -0.386. The van der Waals surface area contributed by atoms with Crippen LogP contribution >= 0.6 is 0 Å². The van der Waals surface area contributed by atoms with Crippen LogP contribution in [0.2, 0.25) is 0 Å². The average molecular weight is 282 g/mol. The second kappa shape index (κ2) is 7.47. The maximum atomic E-state index is 5.90. The van der Waals surface area contributed by atoms with Crippen LogP contribution in [-0.2, 0) is 4.74 Å². The highest BCUT2D eigenvalue weighted by atomic mass is 16.5. The number of benzene rings is 1. The molecule has 2 unspecified atom stereocenters. The molecule has 0 bridgehead atoms. The molecule has 5 nitrogen and oxygen atoms in total. The molecule has 114 valence electrons. The molecule has 0 aliphatic rings. The van der Waals surface area contributed by atoms with Gasteiger partial charge in [0.15, 0.2) is 11.5 Å². The van der Waals surface area contributed by atoms with Gasteiger partial charge in [0.25, 0.3) is 0 Å². The number of nitrogens with one attached hydrogen (secondary N) is 1. The summed E-state index contributed by atoms with van der Waals surface area (Å²) in [5.41, 5.74) is 3.48. The van der Waals surface area contributed by atoms with Gasteiger partial charge in [0.05, 0.1) is 25.9 Å². The van der Waals surface area contributed by atoms with Crippen molar-refractivity contribution in [1.29, 1.82) is 0 Å². The van der Waals surface area contributed by atoms with Gasteiger partial charge in [0.1, 0.15) is 0 Å². The van der Waals surface area contributed by atoms with Crippen LogP contribution in [0.1, 0.15) is 38.8 Å². The van der Waals surface area contributed by atoms with E-state index < -0.39 is 0 Å². The molecule has 0 radical (unpaired) electrons. The average Bonchev–Trinajstić information content (AvgIpc) is 2.47. The van der Waals surface area contributed by atoms with Crippen molar-refractivity contribution in [3.8, 4) is 11.5 Å². The molecule has 0 fully saturated rings. The van der Waals surface area contributed by atoms with Crippen molar-refractivity contribution in [2.45, 2.75) is 38.8 Å². The first-order valence-corrected chi connectivity index (χ1v) is 6.88. The zero-order valence-electron chi connectivity index (χ0n) is 13.0. The number of hydrazine groups is 1. The Morgan fingerprint density at radius 1 is 1.20 bits per heavy atom. The van der Waals surface area contributed by atoms with Gasteiger partial charge in [-0.15, -0.1) is 0 Å². The Balaban J connectivity index is 3.17. The molecule has 0 aliphatic carbocycles. The highest BCUT2D eigenvalue weighted by Gasteiger charge is 2.34. The zero-order valence-corrected chi connectivity index (χ0v) is 13.0. The van der Waals surface area contributed by atoms with Gasteiger partial charge < -0.3 is 14.2 Å². The second-order valence-corrected chi connectivity index (χ2v) is 4.81. The summed E-state index contributed by atoms with van der Waals surface area (Å²) in [5.74, 6) is 7.13. The van der Waals surface area contributed by atoms with Gasteiger partial charge >= 0.3 is 0 Å². The monoisotopic (exact) mass is 282 g/mol. The van der Waals surface area contributed by atoms with E-state index in [0.717, 1.165) is 12.0 Å². The third-order valence-corrected chi connectivity index (χ3v) is 3.69. The van der Waals surface area contributed by atoms with E-state index >= 15 is 0 Å². The first-order chi connectivity index (χ1) is 9.56.